The van der Waals surface area contributed by atoms with E-state index in [1.165, 1.54) is 0 Å². The second-order valence-electron chi connectivity index (χ2n) is 5.89. The molecule has 1 aromatic heterocycles. The van der Waals surface area contributed by atoms with Crippen molar-refractivity contribution in [1.29, 1.82) is 0 Å². The van der Waals surface area contributed by atoms with Crippen molar-refractivity contribution < 1.29 is 19.0 Å². The normalized spacial score (nSPS) is 23.0. The second-order valence-corrected chi connectivity index (χ2v) is 5.89. The molecule has 0 spiro atoms. The maximum Gasteiger partial charge on any atom is 0.176 e. The molecule has 1 fully saturated rings. The lowest BCUT2D eigenvalue weighted by Crippen LogP contribution is -2.41. The zero-order valence-electron chi connectivity index (χ0n) is 13.1. The molecule has 2 aromatic rings. The van der Waals surface area contributed by atoms with Gasteiger partial charge in [0.2, 0.25) is 0 Å². The van der Waals surface area contributed by atoms with Gasteiger partial charge in [0.1, 0.15) is 11.4 Å². The Morgan fingerprint density at radius 3 is 3.05 bits per heavy atom. The Bertz CT molecular complexity index is 631. The van der Waals surface area contributed by atoms with E-state index in [1.807, 2.05) is 38.1 Å². The van der Waals surface area contributed by atoms with E-state index in [2.05, 4.69) is 5.32 Å². The van der Waals surface area contributed by atoms with Gasteiger partial charge in [0.05, 0.1) is 19.3 Å². The van der Waals surface area contributed by atoms with E-state index in [1.54, 1.807) is 0 Å². The van der Waals surface area contributed by atoms with Gasteiger partial charge in [-0.1, -0.05) is 12.1 Å². The third-order valence-electron chi connectivity index (χ3n) is 4.07. The maximum atomic E-state index is 10.3. The van der Waals surface area contributed by atoms with Gasteiger partial charge >= 0.3 is 0 Å². The highest BCUT2D eigenvalue weighted by molar-refractivity contribution is 5.83. The summed E-state index contributed by atoms with van der Waals surface area (Å²) in [6, 6.07) is 7.91. The number of furan rings is 1. The van der Waals surface area contributed by atoms with Gasteiger partial charge in [0.15, 0.2) is 11.3 Å². The smallest absolute Gasteiger partial charge is 0.176 e. The van der Waals surface area contributed by atoms with Gasteiger partial charge in [-0.2, -0.15) is 0 Å². The van der Waals surface area contributed by atoms with Gasteiger partial charge in [-0.25, -0.2) is 0 Å². The first-order chi connectivity index (χ1) is 10.6. The fourth-order valence-electron chi connectivity index (χ4n) is 2.72. The lowest BCUT2D eigenvalue weighted by molar-refractivity contribution is 0.0247. The summed E-state index contributed by atoms with van der Waals surface area (Å²) in [5.41, 5.74) is 0.00689. The quantitative estimate of drug-likeness (QED) is 0.859. The molecule has 1 aromatic carbocycles. The molecule has 1 aliphatic heterocycles. The summed E-state index contributed by atoms with van der Waals surface area (Å²) >= 11 is 0. The number of hydrogen-bond acceptors (Lipinski definition) is 5. The largest absolute Gasteiger partial charge is 0.490 e. The summed E-state index contributed by atoms with van der Waals surface area (Å²) in [5, 5.41) is 14.7. The van der Waals surface area contributed by atoms with Gasteiger partial charge in [-0.3, -0.25) is 0 Å². The highest BCUT2D eigenvalue weighted by Crippen LogP contribution is 2.31. The lowest BCUT2D eigenvalue weighted by atomic mass is 10.0. The molecule has 0 radical (unpaired) electrons. The van der Waals surface area contributed by atoms with Crippen LogP contribution in [-0.4, -0.2) is 37.1 Å². The molecule has 22 heavy (non-hydrogen) atoms. The van der Waals surface area contributed by atoms with Crippen LogP contribution >= 0.6 is 0 Å². The van der Waals surface area contributed by atoms with Gasteiger partial charge < -0.3 is 24.3 Å². The van der Waals surface area contributed by atoms with E-state index in [4.69, 9.17) is 13.9 Å². The van der Waals surface area contributed by atoms with E-state index in [0.717, 1.165) is 22.5 Å². The van der Waals surface area contributed by atoms with Crippen molar-refractivity contribution in [3.63, 3.8) is 0 Å². The first-order valence-corrected chi connectivity index (χ1v) is 7.80. The molecule has 0 saturated carbocycles. The molecule has 120 valence electrons. The molecule has 2 N–H and O–H groups in total. The van der Waals surface area contributed by atoms with Crippen LogP contribution in [0.1, 0.15) is 32.1 Å². The molecule has 2 heterocycles. The van der Waals surface area contributed by atoms with Crippen LogP contribution < -0.4 is 10.1 Å². The van der Waals surface area contributed by atoms with E-state index >= 15 is 0 Å². The molecule has 5 nitrogen and oxygen atoms in total. The van der Waals surface area contributed by atoms with Gasteiger partial charge in [-0.05, 0) is 26.0 Å². The van der Waals surface area contributed by atoms with Gasteiger partial charge in [0.25, 0.3) is 0 Å². The highest BCUT2D eigenvalue weighted by atomic mass is 16.5. The predicted octanol–water partition coefficient (Wildman–Crippen LogP) is 2.63. The monoisotopic (exact) mass is 305 g/mol. The van der Waals surface area contributed by atoms with Crippen LogP contribution in [0.4, 0.5) is 0 Å². The molecular formula is C17H23NO4. The summed E-state index contributed by atoms with van der Waals surface area (Å²) in [7, 11) is 0. The van der Waals surface area contributed by atoms with Crippen molar-refractivity contribution in [2.75, 3.05) is 26.4 Å². The second kappa shape index (κ2) is 6.28. The van der Waals surface area contributed by atoms with E-state index in [0.29, 0.717) is 32.8 Å². The van der Waals surface area contributed by atoms with Gasteiger partial charge in [0, 0.05) is 25.0 Å². The van der Waals surface area contributed by atoms with E-state index < -0.39 is 5.60 Å². The Labute approximate surface area is 130 Å². The van der Waals surface area contributed by atoms with Gasteiger partial charge in [-0.15, -0.1) is 0 Å². The van der Waals surface area contributed by atoms with Crippen LogP contribution in [0.5, 0.6) is 5.75 Å². The number of hydrogen-bond donors (Lipinski definition) is 2. The van der Waals surface area contributed by atoms with Crippen LogP contribution in [0.25, 0.3) is 11.0 Å². The average Bonchev–Trinajstić information content (AvgIpc) is 3.13. The topological polar surface area (TPSA) is 63.9 Å². The Morgan fingerprint density at radius 2 is 2.32 bits per heavy atom. The Kier molecular flexibility index (Phi) is 4.38. The van der Waals surface area contributed by atoms with Crippen molar-refractivity contribution in [2.45, 2.75) is 31.9 Å². The third kappa shape index (κ3) is 3.11. The van der Waals surface area contributed by atoms with Crippen molar-refractivity contribution in [1.82, 2.24) is 5.32 Å². The molecule has 3 rings (SSSR count). The van der Waals surface area contributed by atoms with Crippen LogP contribution in [0.15, 0.2) is 28.7 Å². The molecular weight excluding hydrogens is 282 g/mol. The summed E-state index contributed by atoms with van der Waals surface area (Å²) in [5.74, 6) is 1.60. The Morgan fingerprint density at radius 1 is 1.45 bits per heavy atom. The van der Waals surface area contributed by atoms with Crippen LogP contribution in [0.3, 0.4) is 0 Å². The number of ether oxygens (including phenoxy) is 2. The molecule has 1 aliphatic rings. The average molecular weight is 305 g/mol. The SMILES string of the molecule is CCOc1cccc2cc([C@@H](C)NC[C@@]3(O)CCOC3)oc12. The minimum atomic E-state index is -0.767. The van der Waals surface area contributed by atoms with Crippen molar-refractivity contribution >= 4 is 11.0 Å². The highest BCUT2D eigenvalue weighted by Gasteiger charge is 2.32. The molecule has 0 amide bonds. The van der Waals surface area contributed by atoms with E-state index in [-0.39, 0.29) is 6.04 Å². The van der Waals surface area contributed by atoms with Crippen molar-refractivity contribution in [3.8, 4) is 5.75 Å². The fraction of sp³-hybridized carbons (Fsp3) is 0.529. The number of rotatable bonds is 6. The summed E-state index contributed by atoms with van der Waals surface area (Å²) in [6.07, 6.45) is 0.668. The molecule has 5 heteroatoms. The zero-order chi connectivity index (χ0) is 15.6. The Balaban J connectivity index is 1.73. The number of para-hydroxylation sites is 1. The summed E-state index contributed by atoms with van der Waals surface area (Å²) in [4.78, 5) is 0. The maximum absolute atomic E-state index is 10.3. The molecule has 0 unspecified atom stereocenters. The van der Waals surface area contributed by atoms with E-state index in [9.17, 15) is 5.11 Å². The van der Waals surface area contributed by atoms with Crippen LogP contribution in [-0.2, 0) is 4.74 Å². The third-order valence-corrected chi connectivity index (χ3v) is 4.07. The van der Waals surface area contributed by atoms with Crippen molar-refractivity contribution in [2.24, 2.45) is 0 Å². The minimum absolute atomic E-state index is 0.00602. The minimum Gasteiger partial charge on any atom is -0.490 e. The number of fused-ring (bicyclic) bond motifs is 1. The standard InChI is InChI=1S/C17H23NO4/c1-3-21-14-6-4-5-13-9-15(22-16(13)14)12(2)18-10-17(19)7-8-20-11-17/h4-6,9,12,18-19H,3,7-8,10-11H2,1-2H3/t12-,17+/m1/s1. The molecule has 0 aliphatic carbocycles. The predicted molar refractivity (Wildman–Crippen MR) is 84.2 cm³/mol. The van der Waals surface area contributed by atoms with Crippen LogP contribution in [0, 0.1) is 0 Å². The fourth-order valence-corrected chi connectivity index (χ4v) is 2.72. The van der Waals surface area contributed by atoms with Crippen molar-refractivity contribution in [3.05, 3.63) is 30.0 Å². The first kappa shape index (κ1) is 15.3. The zero-order valence-corrected chi connectivity index (χ0v) is 13.1. The summed E-state index contributed by atoms with van der Waals surface area (Å²) in [6.45, 7) is 6.09. The lowest BCUT2D eigenvalue weighted by Gasteiger charge is -2.23. The molecule has 0 bridgehead atoms. The number of benzene rings is 1. The molecule has 1 saturated heterocycles. The molecule has 2 atom stereocenters. The number of nitrogens with one attached hydrogen (secondary N) is 1. The summed E-state index contributed by atoms with van der Waals surface area (Å²) < 4.78 is 16.8. The number of aliphatic hydroxyl groups is 1. The first-order valence-electron chi connectivity index (χ1n) is 7.80. The Hall–Kier alpha value is -1.56. The van der Waals surface area contributed by atoms with Crippen LogP contribution in [0.2, 0.25) is 0 Å².